The molecule has 0 fully saturated rings. The highest BCUT2D eigenvalue weighted by atomic mass is 79.9. The normalized spacial score (nSPS) is 16.0. The number of nitrogens with zero attached hydrogens (tertiary/aromatic N) is 2. The fourth-order valence-corrected chi connectivity index (χ4v) is 3.21. The number of fused-ring (bicyclic) bond motifs is 1. The molecule has 1 unspecified atom stereocenters. The predicted molar refractivity (Wildman–Crippen MR) is 106 cm³/mol. The number of nitrogens with one attached hydrogen (secondary N) is 3. The quantitative estimate of drug-likeness (QED) is 0.310. The van der Waals surface area contributed by atoms with Gasteiger partial charge in [0.2, 0.25) is 0 Å². The second-order valence-corrected chi connectivity index (χ2v) is 7.43. The van der Waals surface area contributed by atoms with Crippen molar-refractivity contribution >= 4 is 38.8 Å². The SMILES string of the molecule is CN(C)CCC1Nc2c(C(=Nc3ccc(F)c(Br)c3)NO)cc(F)c(F)c2N1. The Morgan fingerprint density at radius 3 is 2.54 bits per heavy atom. The van der Waals surface area contributed by atoms with E-state index >= 15 is 0 Å². The van der Waals surface area contributed by atoms with E-state index in [4.69, 9.17) is 0 Å². The Balaban J connectivity index is 2.00. The molecule has 0 saturated heterocycles. The largest absolute Gasteiger partial charge is 0.363 e. The Kier molecular flexibility index (Phi) is 6.11. The van der Waals surface area contributed by atoms with Crippen LogP contribution >= 0.6 is 15.9 Å². The molecule has 0 saturated carbocycles. The third-order valence-corrected chi connectivity index (χ3v) is 4.83. The molecule has 3 rings (SSSR count). The van der Waals surface area contributed by atoms with Gasteiger partial charge in [-0.15, -0.1) is 0 Å². The number of hydrogen-bond donors (Lipinski definition) is 4. The standard InChI is InChI=1S/C18H19BrF3N5O/c1-27(2)6-5-14-24-16-10(8-13(21)15(22)17(16)25-14)18(26-28)23-9-3-4-12(20)11(19)7-9/h3-4,7-8,14,24-25,28H,5-6H2,1-2H3,(H,23,26). The first-order chi connectivity index (χ1) is 13.3. The van der Waals surface area contributed by atoms with Crippen LogP contribution in [-0.4, -0.2) is 42.7 Å². The van der Waals surface area contributed by atoms with Gasteiger partial charge in [-0.25, -0.2) is 18.2 Å². The van der Waals surface area contributed by atoms with E-state index in [1.54, 1.807) is 0 Å². The summed E-state index contributed by atoms with van der Waals surface area (Å²) in [4.78, 5) is 6.16. The van der Waals surface area contributed by atoms with Crippen molar-refractivity contribution in [3.63, 3.8) is 0 Å². The summed E-state index contributed by atoms with van der Waals surface area (Å²) in [5.41, 5.74) is 2.61. The number of aliphatic imine (C=N–C) groups is 1. The molecule has 0 aromatic heterocycles. The van der Waals surface area contributed by atoms with E-state index in [9.17, 15) is 18.4 Å². The van der Waals surface area contributed by atoms with Crippen LogP contribution in [0, 0.1) is 17.5 Å². The van der Waals surface area contributed by atoms with E-state index in [2.05, 4.69) is 31.6 Å². The van der Waals surface area contributed by atoms with Crippen molar-refractivity contribution < 1.29 is 18.4 Å². The summed E-state index contributed by atoms with van der Waals surface area (Å²) in [5, 5.41) is 15.6. The first-order valence-corrected chi connectivity index (χ1v) is 9.23. The van der Waals surface area contributed by atoms with Gasteiger partial charge in [-0.3, -0.25) is 10.7 Å². The lowest BCUT2D eigenvalue weighted by molar-refractivity contribution is 0.235. The Morgan fingerprint density at radius 1 is 1.18 bits per heavy atom. The minimum atomic E-state index is -1.08. The maximum absolute atomic E-state index is 14.3. The van der Waals surface area contributed by atoms with Gasteiger partial charge in [0, 0.05) is 12.1 Å². The summed E-state index contributed by atoms with van der Waals surface area (Å²) in [6, 6.07) is 4.93. The van der Waals surface area contributed by atoms with Crippen LogP contribution in [0.15, 0.2) is 33.7 Å². The summed E-state index contributed by atoms with van der Waals surface area (Å²) in [5.74, 6) is -2.68. The van der Waals surface area contributed by atoms with Crippen LogP contribution in [0.25, 0.3) is 0 Å². The monoisotopic (exact) mass is 457 g/mol. The maximum Gasteiger partial charge on any atom is 0.184 e. The Bertz CT molecular complexity index is 923. The molecule has 1 aliphatic heterocycles. The minimum Gasteiger partial charge on any atom is -0.363 e. The number of hydrogen-bond acceptors (Lipinski definition) is 5. The highest BCUT2D eigenvalue weighted by Crippen LogP contribution is 2.37. The summed E-state index contributed by atoms with van der Waals surface area (Å²) in [6.07, 6.45) is 0.318. The van der Waals surface area contributed by atoms with Crippen LogP contribution in [-0.2, 0) is 0 Å². The van der Waals surface area contributed by atoms with Crippen molar-refractivity contribution in [3.8, 4) is 0 Å². The molecule has 4 N–H and O–H groups in total. The van der Waals surface area contributed by atoms with Crippen LogP contribution in [0.3, 0.4) is 0 Å². The first-order valence-electron chi connectivity index (χ1n) is 8.44. The van der Waals surface area contributed by atoms with Gasteiger partial charge in [0.15, 0.2) is 17.5 Å². The van der Waals surface area contributed by atoms with E-state index in [0.29, 0.717) is 12.1 Å². The van der Waals surface area contributed by atoms with Gasteiger partial charge in [-0.05, 0) is 60.7 Å². The predicted octanol–water partition coefficient (Wildman–Crippen LogP) is 4.04. The smallest absolute Gasteiger partial charge is 0.184 e. The van der Waals surface area contributed by atoms with Crippen molar-refractivity contribution in [1.29, 1.82) is 0 Å². The third-order valence-electron chi connectivity index (χ3n) is 4.23. The van der Waals surface area contributed by atoms with E-state index in [1.165, 1.54) is 18.2 Å². The number of benzene rings is 2. The fourth-order valence-electron chi connectivity index (χ4n) is 2.84. The highest BCUT2D eigenvalue weighted by molar-refractivity contribution is 9.10. The zero-order valence-corrected chi connectivity index (χ0v) is 16.7. The van der Waals surface area contributed by atoms with Crippen LogP contribution in [0.1, 0.15) is 12.0 Å². The average Bonchev–Trinajstić information content (AvgIpc) is 3.08. The lowest BCUT2D eigenvalue weighted by atomic mass is 10.1. The molecule has 1 atom stereocenters. The zero-order valence-electron chi connectivity index (χ0n) is 15.2. The second-order valence-electron chi connectivity index (χ2n) is 6.57. The molecule has 1 heterocycles. The van der Waals surface area contributed by atoms with Crippen molar-refractivity contribution in [2.75, 3.05) is 31.3 Å². The van der Waals surface area contributed by atoms with E-state index in [-0.39, 0.29) is 33.4 Å². The van der Waals surface area contributed by atoms with Crippen molar-refractivity contribution in [2.24, 2.45) is 4.99 Å². The second kappa shape index (κ2) is 8.38. The van der Waals surface area contributed by atoms with Gasteiger partial charge in [0.25, 0.3) is 0 Å². The van der Waals surface area contributed by atoms with Crippen molar-refractivity contribution in [3.05, 3.63) is 51.8 Å². The molecule has 0 spiro atoms. The number of anilines is 2. The average molecular weight is 458 g/mol. The zero-order chi connectivity index (χ0) is 20.4. The van der Waals surface area contributed by atoms with Gasteiger partial charge in [0.1, 0.15) is 5.82 Å². The first kappa shape index (κ1) is 20.4. The molecular formula is C18H19BrF3N5O. The minimum absolute atomic E-state index is 0.0259. The number of rotatable bonds is 5. The lowest BCUT2D eigenvalue weighted by Gasteiger charge is -2.16. The third kappa shape index (κ3) is 4.23. The molecule has 6 nitrogen and oxygen atoms in total. The molecule has 0 radical (unpaired) electrons. The molecule has 10 heteroatoms. The molecule has 2 aromatic rings. The number of halogens is 4. The van der Waals surface area contributed by atoms with Gasteiger partial charge in [0.05, 0.1) is 27.7 Å². The highest BCUT2D eigenvalue weighted by Gasteiger charge is 2.29. The summed E-state index contributed by atoms with van der Waals surface area (Å²) in [7, 11) is 3.82. The van der Waals surface area contributed by atoms with Gasteiger partial charge in [-0.2, -0.15) is 0 Å². The van der Waals surface area contributed by atoms with Crippen LogP contribution in [0.2, 0.25) is 0 Å². The van der Waals surface area contributed by atoms with Gasteiger partial charge < -0.3 is 15.5 Å². The molecule has 2 aromatic carbocycles. The molecule has 0 amide bonds. The fraction of sp³-hybridized carbons (Fsp3) is 0.278. The summed E-state index contributed by atoms with van der Waals surface area (Å²) < 4.78 is 42.0. The molecule has 0 aliphatic carbocycles. The van der Waals surface area contributed by atoms with Crippen molar-refractivity contribution in [2.45, 2.75) is 12.6 Å². The van der Waals surface area contributed by atoms with Crippen LogP contribution < -0.4 is 16.1 Å². The van der Waals surface area contributed by atoms with E-state index in [0.717, 1.165) is 12.6 Å². The lowest BCUT2D eigenvalue weighted by Crippen LogP contribution is -2.28. The topological polar surface area (TPSA) is 71.9 Å². The maximum atomic E-state index is 14.3. The Hall–Kier alpha value is -2.30. The van der Waals surface area contributed by atoms with Gasteiger partial charge in [-0.1, -0.05) is 0 Å². The van der Waals surface area contributed by atoms with Crippen molar-refractivity contribution in [1.82, 2.24) is 10.4 Å². The number of hydroxylamine groups is 1. The Labute approximate surface area is 168 Å². The number of amidine groups is 1. The molecule has 1 aliphatic rings. The molecule has 28 heavy (non-hydrogen) atoms. The molecular weight excluding hydrogens is 439 g/mol. The van der Waals surface area contributed by atoms with E-state index < -0.39 is 17.5 Å². The molecule has 150 valence electrons. The summed E-state index contributed by atoms with van der Waals surface area (Å²) in [6.45, 7) is 0.723. The summed E-state index contributed by atoms with van der Waals surface area (Å²) >= 11 is 3.06. The van der Waals surface area contributed by atoms with Gasteiger partial charge >= 0.3 is 0 Å². The molecule has 0 bridgehead atoms. The van der Waals surface area contributed by atoms with E-state index in [1.807, 2.05) is 24.5 Å². The Morgan fingerprint density at radius 2 is 1.89 bits per heavy atom. The van der Waals surface area contributed by atoms with Crippen LogP contribution in [0.5, 0.6) is 0 Å². The van der Waals surface area contributed by atoms with Crippen LogP contribution in [0.4, 0.5) is 30.2 Å².